The number of anilines is 1. The van der Waals surface area contributed by atoms with E-state index in [0.29, 0.717) is 11.3 Å². The number of nitrogens with one attached hydrogen (secondary N) is 1. The summed E-state index contributed by atoms with van der Waals surface area (Å²) in [6, 6.07) is 10.5. The zero-order chi connectivity index (χ0) is 24.1. The highest BCUT2D eigenvalue weighted by Crippen LogP contribution is 2.31. The van der Waals surface area contributed by atoms with Gasteiger partial charge < -0.3 is 15.0 Å². The van der Waals surface area contributed by atoms with Gasteiger partial charge in [0.05, 0.1) is 24.1 Å². The number of carbonyl (C=O) groups is 2. The lowest BCUT2D eigenvalue weighted by Crippen LogP contribution is -2.50. The summed E-state index contributed by atoms with van der Waals surface area (Å²) < 4.78 is 31.1. The van der Waals surface area contributed by atoms with Gasteiger partial charge in [0.1, 0.15) is 18.3 Å². The molecule has 2 aromatic carbocycles. The van der Waals surface area contributed by atoms with Gasteiger partial charge in [0.2, 0.25) is 21.8 Å². The molecule has 0 bridgehead atoms. The second kappa shape index (κ2) is 10.9. The molecule has 0 aromatic heterocycles. The molecule has 1 N–H and O–H groups in total. The lowest BCUT2D eigenvalue weighted by Gasteiger charge is -2.31. The zero-order valence-corrected chi connectivity index (χ0v) is 20.5. The summed E-state index contributed by atoms with van der Waals surface area (Å²) in [5, 5.41) is 2.89. The number of halogens is 2. The first-order valence-corrected chi connectivity index (χ1v) is 12.1. The number of amides is 2. The van der Waals surface area contributed by atoms with Crippen LogP contribution >= 0.6 is 23.2 Å². The first kappa shape index (κ1) is 25.8. The van der Waals surface area contributed by atoms with E-state index in [1.807, 2.05) is 0 Å². The minimum absolute atomic E-state index is 0.0610. The van der Waals surface area contributed by atoms with Crippen LogP contribution in [0, 0.1) is 0 Å². The second-order valence-electron chi connectivity index (χ2n) is 7.03. The molecule has 0 saturated carbocycles. The minimum atomic E-state index is -3.90. The molecule has 174 valence electrons. The average molecular weight is 502 g/mol. The van der Waals surface area contributed by atoms with Crippen molar-refractivity contribution >= 4 is 50.7 Å². The van der Waals surface area contributed by atoms with Gasteiger partial charge in [-0.3, -0.25) is 13.9 Å². The summed E-state index contributed by atoms with van der Waals surface area (Å²) in [6.45, 7) is 1.06. The van der Waals surface area contributed by atoms with Crippen molar-refractivity contribution in [3.8, 4) is 5.75 Å². The van der Waals surface area contributed by atoms with Gasteiger partial charge in [0.15, 0.2) is 0 Å². The highest BCUT2D eigenvalue weighted by molar-refractivity contribution is 7.92. The number of methoxy groups -OCH3 is 1. The topological polar surface area (TPSA) is 96.0 Å². The molecule has 32 heavy (non-hydrogen) atoms. The SMILES string of the molecule is CNC(=O)C(C)N(Cc1cccc(OC)c1)C(=O)CN(c1cc(Cl)ccc1Cl)S(C)(=O)=O. The number of sulfonamides is 1. The number of hydrogen-bond acceptors (Lipinski definition) is 5. The number of carbonyl (C=O) groups excluding carboxylic acids is 2. The van der Waals surface area contributed by atoms with Crippen molar-refractivity contribution in [2.24, 2.45) is 0 Å². The molecule has 11 heteroatoms. The van der Waals surface area contributed by atoms with E-state index in [2.05, 4.69) is 5.32 Å². The van der Waals surface area contributed by atoms with Crippen LogP contribution in [0.5, 0.6) is 5.75 Å². The maximum absolute atomic E-state index is 13.3. The van der Waals surface area contributed by atoms with Crippen molar-refractivity contribution in [1.29, 1.82) is 0 Å². The van der Waals surface area contributed by atoms with E-state index >= 15 is 0 Å². The van der Waals surface area contributed by atoms with Gasteiger partial charge in [0, 0.05) is 18.6 Å². The van der Waals surface area contributed by atoms with Crippen LogP contribution in [-0.2, 0) is 26.2 Å². The summed E-state index contributed by atoms with van der Waals surface area (Å²) >= 11 is 12.2. The van der Waals surface area contributed by atoms with Crippen LogP contribution in [0.15, 0.2) is 42.5 Å². The average Bonchev–Trinajstić information content (AvgIpc) is 2.75. The molecular formula is C21H25Cl2N3O5S. The Hall–Kier alpha value is -2.49. The van der Waals surface area contributed by atoms with Gasteiger partial charge in [-0.2, -0.15) is 0 Å². The van der Waals surface area contributed by atoms with Gasteiger partial charge in [-0.1, -0.05) is 35.3 Å². The monoisotopic (exact) mass is 501 g/mol. The Morgan fingerprint density at radius 3 is 2.44 bits per heavy atom. The summed E-state index contributed by atoms with van der Waals surface area (Å²) in [7, 11) is -0.917. The molecule has 0 saturated heterocycles. The van der Waals surface area contributed by atoms with Crippen molar-refractivity contribution in [3.05, 3.63) is 58.1 Å². The molecular weight excluding hydrogens is 477 g/mol. The van der Waals surface area contributed by atoms with Crippen LogP contribution in [0.2, 0.25) is 10.0 Å². The maximum atomic E-state index is 13.3. The van der Waals surface area contributed by atoms with Gasteiger partial charge in [0.25, 0.3) is 0 Å². The molecule has 2 aromatic rings. The standard InChI is InChI=1S/C21H25Cl2N3O5S/c1-14(21(28)24-2)25(12-15-6-5-7-17(10-15)31-3)20(27)13-26(32(4,29)30)19-11-16(22)8-9-18(19)23/h5-11,14H,12-13H2,1-4H3,(H,24,28). The van der Waals surface area contributed by atoms with Gasteiger partial charge >= 0.3 is 0 Å². The third-order valence-corrected chi connectivity index (χ3v) is 6.44. The number of hydrogen-bond donors (Lipinski definition) is 1. The summed E-state index contributed by atoms with van der Waals surface area (Å²) in [4.78, 5) is 26.9. The van der Waals surface area contributed by atoms with Gasteiger partial charge in [-0.05, 0) is 42.8 Å². The lowest BCUT2D eigenvalue weighted by molar-refractivity contribution is -0.139. The first-order chi connectivity index (χ1) is 15.0. The smallest absolute Gasteiger partial charge is 0.244 e. The summed E-state index contributed by atoms with van der Waals surface area (Å²) in [6.07, 6.45) is 0.964. The minimum Gasteiger partial charge on any atom is -0.497 e. The van der Waals surface area contributed by atoms with E-state index in [0.717, 1.165) is 10.6 Å². The van der Waals surface area contributed by atoms with Crippen molar-refractivity contribution < 1.29 is 22.7 Å². The van der Waals surface area contributed by atoms with Crippen LogP contribution in [0.3, 0.4) is 0 Å². The van der Waals surface area contributed by atoms with E-state index in [1.54, 1.807) is 31.2 Å². The van der Waals surface area contributed by atoms with Crippen molar-refractivity contribution in [2.75, 3.05) is 31.3 Å². The second-order valence-corrected chi connectivity index (χ2v) is 9.78. The largest absolute Gasteiger partial charge is 0.497 e. The molecule has 0 aliphatic heterocycles. The number of nitrogens with zero attached hydrogens (tertiary/aromatic N) is 2. The molecule has 0 spiro atoms. The Bertz CT molecular complexity index is 1090. The number of rotatable bonds is 9. The maximum Gasteiger partial charge on any atom is 0.244 e. The highest BCUT2D eigenvalue weighted by Gasteiger charge is 2.30. The molecule has 0 heterocycles. The third-order valence-electron chi connectivity index (χ3n) is 4.76. The Morgan fingerprint density at radius 1 is 1.16 bits per heavy atom. The number of ether oxygens (including phenoxy) is 1. The van der Waals surface area contributed by atoms with Crippen LogP contribution < -0.4 is 14.4 Å². The molecule has 1 atom stereocenters. The van der Waals surface area contributed by atoms with Gasteiger partial charge in [-0.25, -0.2) is 8.42 Å². The molecule has 2 rings (SSSR count). The van der Waals surface area contributed by atoms with Crippen molar-refractivity contribution in [3.63, 3.8) is 0 Å². The summed E-state index contributed by atoms with van der Waals surface area (Å²) in [5.41, 5.74) is 0.782. The quantitative estimate of drug-likeness (QED) is 0.569. The predicted molar refractivity (Wildman–Crippen MR) is 126 cm³/mol. The van der Waals surface area contributed by atoms with Gasteiger partial charge in [-0.15, -0.1) is 0 Å². The Labute approximate surface area is 198 Å². The fourth-order valence-corrected chi connectivity index (χ4v) is 4.32. The van der Waals surface area contributed by atoms with Crippen LogP contribution in [0.4, 0.5) is 5.69 Å². The Kier molecular flexibility index (Phi) is 8.77. The van der Waals surface area contributed by atoms with E-state index in [1.165, 1.54) is 37.3 Å². The predicted octanol–water partition coefficient (Wildman–Crippen LogP) is 2.93. The molecule has 0 aliphatic rings. The first-order valence-electron chi connectivity index (χ1n) is 9.54. The Balaban J connectivity index is 2.43. The van der Waals surface area contributed by atoms with E-state index in [-0.39, 0.29) is 22.3 Å². The summed E-state index contributed by atoms with van der Waals surface area (Å²) in [5.74, 6) is -0.399. The van der Waals surface area contributed by atoms with E-state index in [4.69, 9.17) is 27.9 Å². The molecule has 0 radical (unpaired) electrons. The Morgan fingerprint density at radius 2 is 1.84 bits per heavy atom. The fraction of sp³-hybridized carbons (Fsp3) is 0.333. The van der Waals surface area contributed by atoms with E-state index in [9.17, 15) is 18.0 Å². The highest BCUT2D eigenvalue weighted by atomic mass is 35.5. The number of benzene rings is 2. The normalized spacial score (nSPS) is 12.1. The van der Waals surface area contributed by atoms with Crippen LogP contribution in [-0.4, -0.2) is 58.1 Å². The third kappa shape index (κ3) is 6.51. The van der Waals surface area contributed by atoms with Crippen molar-refractivity contribution in [1.82, 2.24) is 10.2 Å². The zero-order valence-electron chi connectivity index (χ0n) is 18.1. The molecule has 0 aliphatic carbocycles. The van der Waals surface area contributed by atoms with Crippen LogP contribution in [0.25, 0.3) is 0 Å². The fourth-order valence-electron chi connectivity index (χ4n) is 3.03. The lowest BCUT2D eigenvalue weighted by atomic mass is 10.1. The van der Waals surface area contributed by atoms with Crippen molar-refractivity contribution in [2.45, 2.75) is 19.5 Å². The number of likely N-dealkylation sites (N-methyl/N-ethyl adjacent to an activating group) is 1. The van der Waals surface area contributed by atoms with E-state index < -0.39 is 34.4 Å². The van der Waals surface area contributed by atoms with Crippen LogP contribution in [0.1, 0.15) is 12.5 Å². The molecule has 8 nitrogen and oxygen atoms in total. The molecule has 1 unspecified atom stereocenters. The molecule has 0 fully saturated rings. The molecule has 2 amide bonds.